The van der Waals surface area contributed by atoms with Crippen LogP contribution >= 0.6 is 0 Å². The summed E-state index contributed by atoms with van der Waals surface area (Å²) < 4.78 is 0. The molecule has 0 radical (unpaired) electrons. The van der Waals surface area contributed by atoms with Gasteiger partial charge in [0.05, 0.1) is 17.9 Å². The number of anilines is 1. The molecule has 1 atom stereocenters. The van der Waals surface area contributed by atoms with Gasteiger partial charge in [0, 0.05) is 6.20 Å². The van der Waals surface area contributed by atoms with Crippen LogP contribution in [0.5, 0.6) is 0 Å². The van der Waals surface area contributed by atoms with Crippen molar-refractivity contribution in [1.29, 1.82) is 0 Å². The number of pyridine rings is 1. The molecule has 0 spiro atoms. The SMILES string of the molecule is Cc1cncc(NC(=O)C(N)C(C)(C)C)c1. The minimum absolute atomic E-state index is 0.181. The predicted molar refractivity (Wildman–Crippen MR) is 65.0 cm³/mol. The Morgan fingerprint density at radius 3 is 2.56 bits per heavy atom. The van der Waals surface area contributed by atoms with E-state index in [9.17, 15) is 4.79 Å². The van der Waals surface area contributed by atoms with E-state index >= 15 is 0 Å². The van der Waals surface area contributed by atoms with E-state index < -0.39 is 6.04 Å². The molecule has 3 N–H and O–H groups in total. The van der Waals surface area contributed by atoms with Gasteiger partial charge in [-0.2, -0.15) is 0 Å². The quantitative estimate of drug-likeness (QED) is 0.798. The average molecular weight is 221 g/mol. The minimum atomic E-state index is -0.534. The molecule has 4 heteroatoms. The van der Waals surface area contributed by atoms with E-state index in [0.717, 1.165) is 5.56 Å². The van der Waals surface area contributed by atoms with Crippen LogP contribution in [0.2, 0.25) is 0 Å². The van der Waals surface area contributed by atoms with Crippen LogP contribution < -0.4 is 11.1 Å². The van der Waals surface area contributed by atoms with Gasteiger partial charge in [0.1, 0.15) is 0 Å². The van der Waals surface area contributed by atoms with E-state index in [4.69, 9.17) is 5.73 Å². The molecule has 0 aliphatic rings. The maximum absolute atomic E-state index is 11.8. The lowest BCUT2D eigenvalue weighted by Crippen LogP contribution is -2.45. The molecule has 16 heavy (non-hydrogen) atoms. The number of nitrogens with two attached hydrogens (primary N) is 1. The first-order valence-electron chi connectivity index (χ1n) is 5.29. The maximum Gasteiger partial charge on any atom is 0.241 e. The Bertz CT molecular complexity index is 382. The smallest absolute Gasteiger partial charge is 0.241 e. The van der Waals surface area contributed by atoms with Gasteiger partial charge in [-0.3, -0.25) is 9.78 Å². The van der Waals surface area contributed by atoms with Gasteiger partial charge in [-0.05, 0) is 24.0 Å². The number of carbonyl (C=O) groups excluding carboxylic acids is 1. The minimum Gasteiger partial charge on any atom is -0.323 e. The van der Waals surface area contributed by atoms with Crippen LogP contribution in [-0.4, -0.2) is 16.9 Å². The summed E-state index contributed by atoms with van der Waals surface area (Å²) in [6.07, 6.45) is 3.35. The van der Waals surface area contributed by atoms with Gasteiger partial charge in [0.2, 0.25) is 5.91 Å². The lowest BCUT2D eigenvalue weighted by molar-refractivity contribution is -0.119. The number of nitrogens with one attached hydrogen (secondary N) is 1. The highest BCUT2D eigenvalue weighted by molar-refractivity contribution is 5.95. The second kappa shape index (κ2) is 4.61. The Morgan fingerprint density at radius 1 is 1.44 bits per heavy atom. The first-order valence-corrected chi connectivity index (χ1v) is 5.29. The van der Waals surface area contributed by atoms with E-state index in [0.29, 0.717) is 5.69 Å². The third kappa shape index (κ3) is 3.31. The largest absolute Gasteiger partial charge is 0.323 e. The van der Waals surface area contributed by atoms with Crippen LogP contribution in [0.3, 0.4) is 0 Å². The zero-order chi connectivity index (χ0) is 12.3. The number of nitrogens with zero attached hydrogens (tertiary/aromatic N) is 1. The summed E-state index contributed by atoms with van der Waals surface area (Å²) in [4.78, 5) is 15.8. The molecule has 1 unspecified atom stereocenters. The van der Waals surface area contributed by atoms with Gasteiger partial charge in [-0.1, -0.05) is 20.8 Å². The van der Waals surface area contributed by atoms with Gasteiger partial charge >= 0.3 is 0 Å². The maximum atomic E-state index is 11.8. The van der Waals surface area contributed by atoms with Crippen LogP contribution in [0.15, 0.2) is 18.5 Å². The monoisotopic (exact) mass is 221 g/mol. The molecule has 0 saturated carbocycles. The van der Waals surface area contributed by atoms with Gasteiger partial charge in [0.25, 0.3) is 0 Å². The number of hydrogen-bond donors (Lipinski definition) is 2. The van der Waals surface area contributed by atoms with Crippen molar-refractivity contribution in [3.63, 3.8) is 0 Å². The average Bonchev–Trinajstić information content (AvgIpc) is 2.15. The number of rotatable bonds is 2. The molecule has 1 rings (SSSR count). The summed E-state index contributed by atoms with van der Waals surface area (Å²) >= 11 is 0. The lowest BCUT2D eigenvalue weighted by Gasteiger charge is -2.25. The molecule has 0 bridgehead atoms. The number of aromatic nitrogens is 1. The summed E-state index contributed by atoms with van der Waals surface area (Å²) in [6.45, 7) is 7.73. The normalized spacial score (nSPS) is 13.3. The second-order valence-electron chi connectivity index (χ2n) is 5.08. The fourth-order valence-electron chi connectivity index (χ4n) is 1.24. The Labute approximate surface area is 96.3 Å². The van der Waals surface area contributed by atoms with Crippen molar-refractivity contribution in [1.82, 2.24) is 4.98 Å². The van der Waals surface area contributed by atoms with E-state index in [1.165, 1.54) is 0 Å². The first kappa shape index (κ1) is 12.6. The fraction of sp³-hybridized carbons (Fsp3) is 0.500. The van der Waals surface area contributed by atoms with Crippen molar-refractivity contribution in [2.75, 3.05) is 5.32 Å². The molecule has 1 aromatic rings. The zero-order valence-electron chi connectivity index (χ0n) is 10.2. The van der Waals surface area contributed by atoms with Gasteiger partial charge in [0.15, 0.2) is 0 Å². The van der Waals surface area contributed by atoms with Crippen molar-refractivity contribution in [3.8, 4) is 0 Å². The van der Waals surface area contributed by atoms with E-state index in [1.807, 2.05) is 33.8 Å². The molecule has 0 fully saturated rings. The third-order valence-electron chi connectivity index (χ3n) is 2.36. The zero-order valence-corrected chi connectivity index (χ0v) is 10.2. The molecule has 1 aromatic heterocycles. The standard InChI is InChI=1S/C12H19N3O/c1-8-5-9(7-14-6-8)15-11(16)10(13)12(2,3)4/h5-7,10H,13H2,1-4H3,(H,15,16). The van der Waals surface area contributed by atoms with E-state index in [1.54, 1.807) is 12.4 Å². The Kier molecular flexibility index (Phi) is 3.65. The summed E-state index contributed by atoms with van der Waals surface area (Å²) in [5.41, 5.74) is 7.29. The van der Waals surface area contributed by atoms with Crippen molar-refractivity contribution >= 4 is 11.6 Å². The van der Waals surface area contributed by atoms with Crippen LogP contribution in [0.1, 0.15) is 26.3 Å². The molecule has 0 aliphatic carbocycles. The number of carbonyl (C=O) groups is 1. The second-order valence-corrected chi connectivity index (χ2v) is 5.08. The summed E-state index contributed by atoms with van der Waals surface area (Å²) in [6, 6.07) is 1.33. The first-order chi connectivity index (χ1) is 7.30. The molecule has 1 amide bonds. The van der Waals surface area contributed by atoms with Crippen molar-refractivity contribution < 1.29 is 4.79 Å². The molecule has 0 aliphatic heterocycles. The Balaban J connectivity index is 2.72. The molecule has 88 valence electrons. The van der Waals surface area contributed by atoms with Crippen LogP contribution in [0.25, 0.3) is 0 Å². The van der Waals surface area contributed by atoms with E-state index in [-0.39, 0.29) is 11.3 Å². The Morgan fingerprint density at radius 2 is 2.06 bits per heavy atom. The number of aryl methyl sites for hydroxylation is 1. The molecule has 1 heterocycles. The van der Waals surface area contributed by atoms with Crippen LogP contribution in [0.4, 0.5) is 5.69 Å². The highest BCUT2D eigenvalue weighted by Gasteiger charge is 2.27. The predicted octanol–water partition coefficient (Wildman–Crippen LogP) is 1.70. The summed E-state index contributed by atoms with van der Waals surface area (Å²) in [7, 11) is 0. The molecule has 0 saturated heterocycles. The van der Waals surface area contributed by atoms with Crippen LogP contribution in [0, 0.1) is 12.3 Å². The molecule has 0 aromatic carbocycles. The highest BCUT2D eigenvalue weighted by atomic mass is 16.2. The third-order valence-corrected chi connectivity index (χ3v) is 2.36. The number of amides is 1. The van der Waals surface area contributed by atoms with Crippen molar-refractivity contribution in [2.24, 2.45) is 11.1 Å². The van der Waals surface area contributed by atoms with Gasteiger partial charge < -0.3 is 11.1 Å². The Hall–Kier alpha value is -1.42. The summed E-state index contributed by atoms with van der Waals surface area (Å²) in [5.74, 6) is -0.181. The van der Waals surface area contributed by atoms with Gasteiger partial charge in [-0.25, -0.2) is 0 Å². The van der Waals surface area contributed by atoms with Crippen molar-refractivity contribution in [2.45, 2.75) is 33.7 Å². The number of hydrogen-bond acceptors (Lipinski definition) is 3. The molecule has 4 nitrogen and oxygen atoms in total. The van der Waals surface area contributed by atoms with Crippen molar-refractivity contribution in [3.05, 3.63) is 24.0 Å². The van der Waals surface area contributed by atoms with Crippen LogP contribution in [-0.2, 0) is 4.79 Å². The lowest BCUT2D eigenvalue weighted by atomic mass is 9.87. The summed E-state index contributed by atoms with van der Waals surface area (Å²) in [5, 5.41) is 2.76. The highest BCUT2D eigenvalue weighted by Crippen LogP contribution is 2.18. The fourth-order valence-corrected chi connectivity index (χ4v) is 1.24. The molecular formula is C12H19N3O. The van der Waals surface area contributed by atoms with E-state index in [2.05, 4.69) is 10.3 Å². The molecular weight excluding hydrogens is 202 g/mol. The topological polar surface area (TPSA) is 68.0 Å². The van der Waals surface area contributed by atoms with Gasteiger partial charge in [-0.15, -0.1) is 0 Å².